The maximum absolute atomic E-state index is 4.12. The first-order chi connectivity index (χ1) is 5.36. The van der Waals surface area contributed by atoms with Crippen LogP contribution >= 0.6 is 0 Å². The topological polar surface area (TPSA) is 55.6 Å². The lowest BCUT2D eigenvalue weighted by Crippen LogP contribution is -2.14. The van der Waals surface area contributed by atoms with Crippen LogP contribution in [0.2, 0.25) is 0 Å². The number of tetrazole rings is 1. The van der Waals surface area contributed by atoms with Gasteiger partial charge in [-0.3, -0.25) is 0 Å². The maximum Gasteiger partial charge on any atom is 0.191 e. The van der Waals surface area contributed by atoms with E-state index < -0.39 is 0 Å². The Hall–Kier alpha value is -0.970. The number of rotatable bonds is 1. The SMILES string of the molecule is Cn1nnc([C@H]2CCCN2)n1. The Bertz CT molecular complexity index is 237. The summed E-state index contributed by atoms with van der Waals surface area (Å²) >= 11 is 0. The van der Waals surface area contributed by atoms with E-state index in [9.17, 15) is 0 Å². The number of nitrogens with one attached hydrogen (secondary N) is 1. The van der Waals surface area contributed by atoms with Gasteiger partial charge < -0.3 is 5.32 Å². The zero-order valence-electron chi connectivity index (χ0n) is 6.49. The fourth-order valence-electron chi connectivity index (χ4n) is 1.34. The molecule has 1 atom stereocenters. The molecule has 5 heteroatoms. The molecule has 60 valence electrons. The van der Waals surface area contributed by atoms with E-state index in [1.54, 1.807) is 7.05 Å². The van der Waals surface area contributed by atoms with Crippen molar-refractivity contribution in [2.75, 3.05) is 6.54 Å². The van der Waals surface area contributed by atoms with E-state index >= 15 is 0 Å². The lowest BCUT2D eigenvalue weighted by Gasteiger charge is -2.01. The minimum atomic E-state index is 0.337. The highest BCUT2D eigenvalue weighted by molar-refractivity contribution is 4.92. The largest absolute Gasteiger partial charge is 0.307 e. The molecule has 5 nitrogen and oxygen atoms in total. The van der Waals surface area contributed by atoms with E-state index in [4.69, 9.17) is 0 Å². The Balaban J connectivity index is 2.15. The van der Waals surface area contributed by atoms with Gasteiger partial charge >= 0.3 is 0 Å². The zero-order valence-corrected chi connectivity index (χ0v) is 6.49. The average Bonchev–Trinajstić information content (AvgIpc) is 2.55. The van der Waals surface area contributed by atoms with Crippen LogP contribution in [0.5, 0.6) is 0 Å². The monoisotopic (exact) mass is 153 g/mol. The molecule has 0 spiro atoms. The fraction of sp³-hybridized carbons (Fsp3) is 0.833. The minimum absolute atomic E-state index is 0.337. The van der Waals surface area contributed by atoms with Gasteiger partial charge in [0.2, 0.25) is 0 Å². The molecule has 1 aliphatic rings. The van der Waals surface area contributed by atoms with Crippen molar-refractivity contribution in [3.63, 3.8) is 0 Å². The minimum Gasteiger partial charge on any atom is -0.307 e. The first-order valence-electron chi connectivity index (χ1n) is 3.83. The molecule has 0 aliphatic carbocycles. The predicted octanol–water partition coefficient (Wildman–Crippen LogP) is -0.365. The molecule has 0 unspecified atom stereocenters. The third-order valence-corrected chi connectivity index (χ3v) is 1.90. The third-order valence-electron chi connectivity index (χ3n) is 1.90. The molecule has 0 amide bonds. The van der Waals surface area contributed by atoms with E-state index in [1.165, 1.54) is 11.2 Å². The number of hydrogen-bond acceptors (Lipinski definition) is 4. The molecule has 0 bridgehead atoms. The average molecular weight is 153 g/mol. The van der Waals surface area contributed by atoms with Gasteiger partial charge in [-0.15, -0.1) is 10.2 Å². The summed E-state index contributed by atoms with van der Waals surface area (Å²) in [6, 6.07) is 0.337. The smallest absolute Gasteiger partial charge is 0.191 e. The van der Waals surface area contributed by atoms with Gasteiger partial charge in [0, 0.05) is 0 Å². The second-order valence-electron chi connectivity index (χ2n) is 2.79. The van der Waals surface area contributed by atoms with Crippen molar-refractivity contribution in [3.8, 4) is 0 Å². The van der Waals surface area contributed by atoms with Crippen LogP contribution in [0, 0.1) is 0 Å². The Labute approximate surface area is 64.8 Å². The van der Waals surface area contributed by atoms with Gasteiger partial charge in [0.1, 0.15) is 0 Å². The molecule has 2 rings (SSSR count). The number of hydrogen-bond donors (Lipinski definition) is 1. The van der Waals surface area contributed by atoms with E-state index in [2.05, 4.69) is 20.7 Å². The van der Waals surface area contributed by atoms with Crippen LogP contribution in [0.25, 0.3) is 0 Å². The second-order valence-corrected chi connectivity index (χ2v) is 2.79. The fourth-order valence-corrected chi connectivity index (χ4v) is 1.34. The summed E-state index contributed by atoms with van der Waals surface area (Å²) in [7, 11) is 1.78. The summed E-state index contributed by atoms with van der Waals surface area (Å²) in [5.74, 6) is 0.824. The molecule has 0 saturated carbocycles. The van der Waals surface area contributed by atoms with Gasteiger partial charge in [0.05, 0.1) is 13.1 Å². The van der Waals surface area contributed by atoms with E-state index in [0.29, 0.717) is 6.04 Å². The Morgan fingerprint density at radius 2 is 2.55 bits per heavy atom. The first kappa shape index (κ1) is 6.72. The highest BCUT2D eigenvalue weighted by Gasteiger charge is 2.19. The molecule has 1 aromatic rings. The van der Waals surface area contributed by atoms with Crippen molar-refractivity contribution in [2.24, 2.45) is 7.05 Å². The van der Waals surface area contributed by atoms with Gasteiger partial charge in [-0.05, 0) is 24.6 Å². The summed E-state index contributed by atoms with van der Waals surface area (Å²) in [5.41, 5.74) is 0. The molecule has 11 heavy (non-hydrogen) atoms. The molecule has 1 saturated heterocycles. The normalized spacial score (nSPS) is 24.3. The quantitative estimate of drug-likeness (QED) is 0.598. The van der Waals surface area contributed by atoms with Crippen LogP contribution in [-0.2, 0) is 7.05 Å². The number of nitrogens with zero attached hydrogens (tertiary/aromatic N) is 4. The second kappa shape index (κ2) is 2.58. The zero-order chi connectivity index (χ0) is 7.68. The highest BCUT2D eigenvalue weighted by atomic mass is 15.6. The van der Waals surface area contributed by atoms with Crippen LogP contribution in [0.15, 0.2) is 0 Å². The lowest BCUT2D eigenvalue weighted by molar-refractivity contribution is 0.589. The Kier molecular flexibility index (Phi) is 1.58. The number of aromatic nitrogens is 4. The van der Waals surface area contributed by atoms with Crippen molar-refractivity contribution >= 4 is 0 Å². The van der Waals surface area contributed by atoms with Crippen LogP contribution in [0.4, 0.5) is 0 Å². The summed E-state index contributed by atoms with van der Waals surface area (Å²) in [5, 5.41) is 15.1. The summed E-state index contributed by atoms with van der Waals surface area (Å²) in [4.78, 5) is 1.50. The molecule has 2 heterocycles. The predicted molar refractivity (Wildman–Crippen MR) is 38.8 cm³/mol. The van der Waals surface area contributed by atoms with Crippen molar-refractivity contribution < 1.29 is 0 Å². The van der Waals surface area contributed by atoms with Crippen LogP contribution < -0.4 is 5.32 Å². The first-order valence-corrected chi connectivity index (χ1v) is 3.83. The van der Waals surface area contributed by atoms with Gasteiger partial charge in [-0.2, -0.15) is 4.80 Å². The van der Waals surface area contributed by atoms with Gasteiger partial charge in [-0.1, -0.05) is 0 Å². The van der Waals surface area contributed by atoms with Crippen LogP contribution in [0.3, 0.4) is 0 Å². The van der Waals surface area contributed by atoms with Crippen molar-refractivity contribution in [1.29, 1.82) is 0 Å². The molecular weight excluding hydrogens is 142 g/mol. The lowest BCUT2D eigenvalue weighted by atomic mass is 10.2. The van der Waals surface area contributed by atoms with E-state index in [1.807, 2.05) is 0 Å². The third kappa shape index (κ3) is 1.23. The molecule has 1 aromatic heterocycles. The molecule has 1 fully saturated rings. The van der Waals surface area contributed by atoms with Crippen LogP contribution in [-0.4, -0.2) is 26.8 Å². The molecule has 0 aromatic carbocycles. The maximum atomic E-state index is 4.12. The van der Waals surface area contributed by atoms with Gasteiger partial charge in [0.25, 0.3) is 0 Å². The van der Waals surface area contributed by atoms with E-state index in [0.717, 1.165) is 18.8 Å². The molecular formula is C6H11N5. The highest BCUT2D eigenvalue weighted by Crippen LogP contribution is 2.18. The molecule has 1 aliphatic heterocycles. The van der Waals surface area contributed by atoms with Crippen molar-refractivity contribution in [3.05, 3.63) is 5.82 Å². The standard InChI is InChI=1S/C6H11N5/c1-11-9-6(8-10-11)5-3-2-4-7-5/h5,7H,2-4H2,1H3/t5-/m1/s1. The summed E-state index contributed by atoms with van der Waals surface area (Å²) in [6.45, 7) is 1.07. The summed E-state index contributed by atoms with van der Waals surface area (Å²) < 4.78 is 0. The number of aryl methyl sites for hydroxylation is 1. The van der Waals surface area contributed by atoms with Crippen LogP contribution in [0.1, 0.15) is 24.7 Å². The Morgan fingerprint density at radius 1 is 1.64 bits per heavy atom. The summed E-state index contributed by atoms with van der Waals surface area (Å²) in [6.07, 6.45) is 2.34. The van der Waals surface area contributed by atoms with Crippen molar-refractivity contribution in [1.82, 2.24) is 25.5 Å². The molecule has 0 radical (unpaired) electrons. The Morgan fingerprint density at radius 3 is 3.09 bits per heavy atom. The van der Waals surface area contributed by atoms with E-state index in [-0.39, 0.29) is 0 Å². The van der Waals surface area contributed by atoms with Gasteiger partial charge in [-0.25, -0.2) is 0 Å². The van der Waals surface area contributed by atoms with Gasteiger partial charge in [0.15, 0.2) is 5.82 Å². The molecule has 1 N–H and O–H groups in total. The van der Waals surface area contributed by atoms with Crippen molar-refractivity contribution in [2.45, 2.75) is 18.9 Å².